The van der Waals surface area contributed by atoms with Gasteiger partial charge < -0.3 is 10.2 Å². The Morgan fingerprint density at radius 1 is 1.07 bits per heavy atom. The van der Waals surface area contributed by atoms with Crippen molar-refractivity contribution in [2.75, 3.05) is 18.8 Å². The summed E-state index contributed by atoms with van der Waals surface area (Å²) in [6, 6.07) is 15.3. The highest BCUT2D eigenvalue weighted by Gasteiger charge is 2.31. The molecule has 0 aliphatic carbocycles. The van der Waals surface area contributed by atoms with Crippen LogP contribution in [-0.4, -0.2) is 35.6 Å². The molecule has 1 N–H and O–H groups in total. The predicted octanol–water partition coefficient (Wildman–Crippen LogP) is 4.55. The number of likely N-dealkylation sites (tertiary alicyclic amines) is 1. The van der Waals surface area contributed by atoms with Gasteiger partial charge in [-0.25, -0.2) is 0 Å². The minimum atomic E-state index is -0.160. The number of piperidine rings is 1. The largest absolute Gasteiger partial charge is 0.349 e. The molecule has 4 nitrogen and oxygen atoms in total. The SMILES string of the molecule is O=C(N[C@@H]1CCSc2ccccc21)[C@H]1CCCN(C(=O)c2ccc(Cl)cc2)C1. The van der Waals surface area contributed by atoms with Gasteiger partial charge in [-0.3, -0.25) is 9.59 Å². The van der Waals surface area contributed by atoms with Gasteiger partial charge in [0.25, 0.3) is 5.91 Å². The molecule has 2 aromatic carbocycles. The molecule has 0 aromatic heterocycles. The van der Waals surface area contributed by atoms with Crippen molar-refractivity contribution in [1.29, 1.82) is 0 Å². The molecule has 2 aliphatic rings. The molecule has 1 saturated heterocycles. The number of halogens is 1. The van der Waals surface area contributed by atoms with E-state index < -0.39 is 0 Å². The molecule has 1 fully saturated rings. The first kappa shape index (κ1) is 19.3. The van der Waals surface area contributed by atoms with E-state index in [4.69, 9.17) is 11.6 Å². The van der Waals surface area contributed by atoms with Gasteiger partial charge in [0.05, 0.1) is 12.0 Å². The van der Waals surface area contributed by atoms with Crippen molar-refractivity contribution < 1.29 is 9.59 Å². The number of carbonyl (C=O) groups excluding carboxylic acids is 2. The van der Waals surface area contributed by atoms with Crippen LogP contribution in [0.5, 0.6) is 0 Å². The smallest absolute Gasteiger partial charge is 0.253 e. The number of nitrogens with zero attached hydrogens (tertiary/aromatic N) is 1. The molecule has 2 aliphatic heterocycles. The second-order valence-electron chi connectivity index (χ2n) is 7.33. The fraction of sp³-hybridized carbons (Fsp3) is 0.364. The highest BCUT2D eigenvalue weighted by atomic mass is 35.5. The van der Waals surface area contributed by atoms with E-state index in [0.29, 0.717) is 23.7 Å². The summed E-state index contributed by atoms with van der Waals surface area (Å²) in [4.78, 5) is 28.8. The summed E-state index contributed by atoms with van der Waals surface area (Å²) in [7, 11) is 0. The summed E-state index contributed by atoms with van der Waals surface area (Å²) < 4.78 is 0. The number of amides is 2. The van der Waals surface area contributed by atoms with E-state index in [2.05, 4.69) is 17.4 Å². The number of hydrogen-bond acceptors (Lipinski definition) is 3. The third-order valence-electron chi connectivity index (χ3n) is 5.45. The zero-order valence-corrected chi connectivity index (χ0v) is 17.1. The van der Waals surface area contributed by atoms with Gasteiger partial charge in [0.2, 0.25) is 5.91 Å². The average Bonchev–Trinajstić information content (AvgIpc) is 2.74. The highest BCUT2D eigenvalue weighted by molar-refractivity contribution is 7.99. The summed E-state index contributed by atoms with van der Waals surface area (Å²) >= 11 is 7.76. The van der Waals surface area contributed by atoms with E-state index >= 15 is 0 Å². The highest BCUT2D eigenvalue weighted by Crippen LogP contribution is 2.36. The van der Waals surface area contributed by atoms with Crippen molar-refractivity contribution in [3.8, 4) is 0 Å². The van der Waals surface area contributed by atoms with E-state index in [1.54, 1.807) is 29.2 Å². The molecule has 2 aromatic rings. The quantitative estimate of drug-likeness (QED) is 0.801. The van der Waals surface area contributed by atoms with Crippen molar-refractivity contribution in [3.63, 3.8) is 0 Å². The maximum Gasteiger partial charge on any atom is 0.253 e. The molecular formula is C22H23ClN2O2S. The first-order valence-corrected chi connectivity index (χ1v) is 11.0. The van der Waals surface area contributed by atoms with Crippen molar-refractivity contribution in [1.82, 2.24) is 10.2 Å². The summed E-state index contributed by atoms with van der Waals surface area (Å²) in [6.07, 6.45) is 2.60. The maximum absolute atomic E-state index is 13.0. The number of benzene rings is 2. The van der Waals surface area contributed by atoms with Crippen LogP contribution in [0.4, 0.5) is 0 Å². The Bertz CT molecular complexity index is 871. The van der Waals surface area contributed by atoms with E-state index in [1.165, 1.54) is 10.5 Å². The number of hydrogen-bond donors (Lipinski definition) is 1. The number of fused-ring (bicyclic) bond motifs is 1. The molecule has 2 amide bonds. The van der Waals surface area contributed by atoms with Gasteiger partial charge in [0.1, 0.15) is 0 Å². The minimum absolute atomic E-state index is 0.0337. The Morgan fingerprint density at radius 3 is 2.68 bits per heavy atom. The normalized spacial score (nSPS) is 21.7. The van der Waals surface area contributed by atoms with Crippen molar-refractivity contribution >= 4 is 35.2 Å². The lowest BCUT2D eigenvalue weighted by Gasteiger charge is -2.34. The first-order chi connectivity index (χ1) is 13.6. The van der Waals surface area contributed by atoms with E-state index in [0.717, 1.165) is 25.0 Å². The first-order valence-electron chi connectivity index (χ1n) is 9.69. The molecule has 6 heteroatoms. The van der Waals surface area contributed by atoms with Crippen molar-refractivity contribution in [3.05, 3.63) is 64.7 Å². The number of thioether (sulfide) groups is 1. The summed E-state index contributed by atoms with van der Waals surface area (Å²) in [5.41, 5.74) is 1.82. The Hall–Kier alpha value is -1.98. The topological polar surface area (TPSA) is 49.4 Å². The molecule has 0 bridgehead atoms. The third kappa shape index (κ3) is 4.20. The maximum atomic E-state index is 13.0. The van der Waals surface area contributed by atoms with Crippen LogP contribution in [0, 0.1) is 5.92 Å². The lowest BCUT2D eigenvalue weighted by molar-refractivity contribution is -0.127. The van der Waals surface area contributed by atoms with E-state index in [9.17, 15) is 9.59 Å². The fourth-order valence-electron chi connectivity index (χ4n) is 3.93. The van der Waals surface area contributed by atoms with Gasteiger partial charge in [-0.1, -0.05) is 29.8 Å². The van der Waals surface area contributed by atoms with Gasteiger partial charge in [0.15, 0.2) is 0 Å². The molecule has 0 unspecified atom stereocenters. The Balaban J connectivity index is 1.41. The van der Waals surface area contributed by atoms with Crippen LogP contribution in [0.3, 0.4) is 0 Å². The third-order valence-corrected chi connectivity index (χ3v) is 6.82. The van der Waals surface area contributed by atoms with Gasteiger partial charge >= 0.3 is 0 Å². The van der Waals surface area contributed by atoms with Gasteiger partial charge in [0, 0.05) is 34.3 Å². The molecule has 146 valence electrons. The van der Waals surface area contributed by atoms with Crippen LogP contribution in [0.1, 0.15) is 41.2 Å². The van der Waals surface area contributed by atoms with Crippen LogP contribution in [0.25, 0.3) is 0 Å². The molecule has 2 heterocycles. The van der Waals surface area contributed by atoms with Gasteiger partial charge in [-0.05, 0) is 55.2 Å². The Kier molecular flexibility index (Phi) is 5.93. The standard InChI is InChI=1S/C22H23ClN2O2S/c23-17-9-7-15(8-10-17)22(27)25-12-3-4-16(14-25)21(26)24-19-11-13-28-20-6-2-1-5-18(19)20/h1-2,5-10,16,19H,3-4,11-14H2,(H,24,26)/t16-,19+/m0/s1. The lowest BCUT2D eigenvalue weighted by Crippen LogP contribution is -2.46. The van der Waals surface area contributed by atoms with E-state index in [-0.39, 0.29) is 23.8 Å². The molecule has 0 spiro atoms. The van der Waals surface area contributed by atoms with Gasteiger partial charge in [-0.2, -0.15) is 0 Å². The molecule has 4 rings (SSSR count). The molecule has 0 saturated carbocycles. The summed E-state index contributed by atoms with van der Waals surface area (Å²) in [5, 5.41) is 3.85. The van der Waals surface area contributed by atoms with Crippen LogP contribution in [-0.2, 0) is 4.79 Å². The molecule has 28 heavy (non-hydrogen) atoms. The second-order valence-corrected chi connectivity index (χ2v) is 8.91. The fourth-order valence-corrected chi connectivity index (χ4v) is 5.18. The molecule has 0 radical (unpaired) electrons. The summed E-state index contributed by atoms with van der Waals surface area (Å²) in [5.74, 6) is 0.869. The van der Waals surface area contributed by atoms with Crippen LogP contribution in [0.2, 0.25) is 5.02 Å². The van der Waals surface area contributed by atoms with Crippen LogP contribution in [0.15, 0.2) is 53.4 Å². The number of carbonyl (C=O) groups is 2. The van der Waals surface area contributed by atoms with E-state index in [1.807, 2.05) is 23.9 Å². The minimum Gasteiger partial charge on any atom is -0.349 e. The van der Waals surface area contributed by atoms with Gasteiger partial charge in [-0.15, -0.1) is 11.8 Å². The van der Waals surface area contributed by atoms with Crippen molar-refractivity contribution in [2.45, 2.75) is 30.2 Å². The number of nitrogens with one attached hydrogen (secondary N) is 1. The Morgan fingerprint density at radius 2 is 1.86 bits per heavy atom. The van der Waals surface area contributed by atoms with Crippen LogP contribution >= 0.6 is 23.4 Å². The lowest BCUT2D eigenvalue weighted by atomic mass is 9.95. The zero-order valence-electron chi connectivity index (χ0n) is 15.6. The molecule has 2 atom stereocenters. The van der Waals surface area contributed by atoms with Crippen molar-refractivity contribution in [2.24, 2.45) is 5.92 Å². The average molecular weight is 415 g/mol. The summed E-state index contributed by atoms with van der Waals surface area (Å²) in [6.45, 7) is 1.16. The second kappa shape index (κ2) is 8.58. The Labute approximate surface area is 174 Å². The van der Waals surface area contributed by atoms with Crippen LogP contribution < -0.4 is 5.32 Å². The molecular weight excluding hydrogens is 392 g/mol. The monoisotopic (exact) mass is 414 g/mol. The zero-order chi connectivity index (χ0) is 19.5. The number of rotatable bonds is 3. The predicted molar refractivity (Wildman–Crippen MR) is 113 cm³/mol.